The molecule has 0 fully saturated rings. The Balaban J connectivity index is 1.60. The summed E-state index contributed by atoms with van der Waals surface area (Å²) < 4.78 is 8.34. The minimum atomic E-state index is -0.965. The van der Waals surface area contributed by atoms with Gasteiger partial charge in [-0.1, -0.05) is 30.3 Å². The molecule has 0 aliphatic carbocycles. The van der Waals surface area contributed by atoms with Crippen molar-refractivity contribution < 1.29 is 9.84 Å². The van der Waals surface area contributed by atoms with Crippen molar-refractivity contribution in [3.8, 4) is 5.75 Å². The number of hydrazone groups is 1. The van der Waals surface area contributed by atoms with Crippen molar-refractivity contribution in [1.82, 2.24) is 19.1 Å². The Morgan fingerprint density at radius 1 is 1.17 bits per heavy atom. The first-order chi connectivity index (χ1) is 16.8. The predicted molar refractivity (Wildman–Crippen MR) is 136 cm³/mol. The van der Waals surface area contributed by atoms with Gasteiger partial charge in [0.1, 0.15) is 18.5 Å². The molecule has 2 aromatic carbocycles. The number of imidazole rings is 1. The van der Waals surface area contributed by atoms with Gasteiger partial charge in [-0.25, -0.2) is 10.2 Å². The molecule has 0 saturated heterocycles. The fourth-order valence-electron chi connectivity index (χ4n) is 3.49. The van der Waals surface area contributed by atoms with E-state index in [1.54, 1.807) is 18.3 Å². The molecule has 0 saturated carbocycles. The van der Waals surface area contributed by atoms with Gasteiger partial charge >= 0.3 is 5.69 Å². The van der Waals surface area contributed by atoms with E-state index in [1.807, 2.05) is 61.5 Å². The number of hydrogen-bond donors (Lipinski definition) is 3. The molecular formula is C24H27N7O4. The number of rotatable bonds is 9. The molecule has 4 rings (SSSR count). The molecule has 1 atom stereocenters. The summed E-state index contributed by atoms with van der Waals surface area (Å²) in [4.78, 5) is 33.3. The van der Waals surface area contributed by atoms with Gasteiger partial charge in [-0.05, 0) is 29.8 Å². The number of aromatic nitrogens is 4. The van der Waals surface area contributed by atoms with Crippen molar-refractivity contribution in [2.24, 2.45) is 12.1 Å². The minimum absolute atomic E-state index is 0.00567. The van der Waals surface area contributed by atoms with Crippen LogP contribution in [0.1, 0.15) is 5.56 Å². The summed E-state index contributed by atoms with van der Waals surface area (Å²) in [7, 11) is 5.43. The van der Waals surface area contributed by atoms with Crippen molar-refractivity contribution in [2.75, 3.05) is 31.0 Å². The maximum absolute atomic E-state index is 12.6. The smallest absolute Gasteiger partial charge is 0.329 e. The van der Waals surface area contributed by atoms with Gasteiger partial charge in [0.2, 0.25) is 5.95 Å². The third-order valence-electron chi connectivity index (χ3n) is 5.37. The Bertz CT molecular complexity index is 1440. The number of aromatic amines is 1. The van der Waals surface area contributed by atoms with Crippen LogP contribution in [-0.4, -0.2) is 57.2 Å². The maximum Gasteiger partial charge on any atom is 0.329 e. The van der Waals surface area contributed by atoms with Gasteiger partial charge < -0.3 is 19.3 Å². The summed E-state index contributed by atoms with van der Waals surface area (Å²) in [5, 5.41) is 14.9. The summed E-state index contributed by atoms with van der Waals surface area (Å²) in [5.74, 6) is 0.817. The number of nitrogens with one attached hydrogen (secondary N) is 2. The van der Waals surface area contributed by atoms with Gasteiger partial charge in [0, 0.05) is 26.8 Å². The number of nitrogens with zero attached hydrogens (tertiary/aromatic N) is 5. The normalized spacial score (nSPS) is 12.2. The van der Waals surface area contributed by atoms with Crippen LogP contribution in [0.4, 0.5) is 11.6 Å². The first-order valence-electron chi connectivity index (χ1n) is 11.0. The van der Waals surface area contributed by atoms with E-state index in [2.05, 4.69) is 20.5 Å². The molecule has 11 nitrogen and oxygen atoms in total. The number of aliphatic hydroxyl groups excluding tert-OH is 1. The molecule has 2 heterocycles. The van der Waals surface area contributed by atoms with E-state index in [1.165, 1.54) is 16.2 Å². The quantitative estimate of drug-likeness (QED) is 0.245. The molecule has 0 aliphatic heterocycles. The first kappa shape index (κ1) is 23.8. The topological polar surface area (TPSA) is 130 Å². The minimum Gasteiger partial charge on any atom is -0.491 e. The second-order valence-corrected chi connectivity index (χ2v) is 8.17. The lowest BCUT2D eigenvalue weighted by Crippen LogP contribution is -2.30. The highest BCUT2D eigenvalue weighted by Gasteiger charge is 2.20. The number of aliphatic hydroxyl groups is 1. The highest BCUT2D eigenvalue weighted by Crippen LogP contribution is 2.17. The second kappa shape index (κ2) is 10.3. The van der Waals surface area contributed by atoms with E-state index in [0.29, 0.717) is 5.75 Å². The molecule has 0 amide bonds. The van der Waals surface area contributed by atoms with Crippen molar-refractivity contribution >= 4 is 29.0 Å². The zero-order chi connectivity index (χ0) is 24.9. The summed E-state index contributed by atoms with van der Waals surface area (Å²) >= 11 is 0. The first-order valence-corrected chi connectivity index (χ1v) is 11.0. The summed E-state index contributed by atoms with van der Waals surface area (Å²) in [6, 6.07) is 16.9. The maximum atomic E-state index is 12.6. The van der Waals surface area contributed by atoms with Crippen molar-refractivity contribution in [2.45, 2.75) is 12.6 Å². The Hall–Kier alpha value is -4.38. The van der Waals surface area contributed by atoms with Crippen LogP contribution in [0, 0.1) is 0 Å². The standard InChI is InChI=1S/C24H27N7O4/c1-29(2)17-11-9-16(10-12-17)13-25-28-23-26-21-20(22(33)27-24(34)30(21)3)31(23)14-18(32)15-35-19-7-5-4-6-8-19/h4-13,18,32H,14-15H2,1-3H3,(H,26,28)(H,27,33,34)/b25-13-/t18-/m1/s1. The van der Waals surface area contributed by atoms with E-state index in [-0.39, 0.29) is 30.3 Å². The van der Waals surface area contributed by atoms with E-state index >= 15 is 0 Å². The predicted octanol–water partition coefficient (Wildman–Crippen LogP) is 1.38. The number of ether oxygens (including phenoxy) is 1. The van der Waals surface area contributed by atoms with Gasteiger partial charge in [-0.2, -0.15) is 10.1 Å². The number of hydrogen-bond acceptors (Lipinski definition) is 8. The summed E-state index contributed by atoms with van der Waals surface area (Å²) in [6.45, 7) is -0.0196. The van der Waals surface area contributed by atoms with Crippen LogP contribution in [0.5, 0.6) is 5.75 Å². The Morgan fingerprint density at radius 2 is 1.89 bits per heavy atom. The van der Waals surface area contributed by atoms with E-state index in [0.717, 1.165) is 11.3 Å². The van der Waals surface area contributed by atoms with Crippen molar-refractivity contribution in [3.63, 3.8) is 0 Å². The highest BCUT2D eigenvalue weighted by molar-refractivity contribution is 5.81. The van der Waals surface area contributed by atoms with Crippen LogP contribution in [0.3, 0.4) is 0 Å². The molecule has 11 heteroatoms. The number of aryl methyl sites for hydroxylation is 1. The van der Waals surface area contributed by atoms with Crippen LogP contribution in [-0.2, 0) is 13.6 Å². The van der Waals surface area contributed by atoms with Crippen molar-refractivity contribution in [1.29, 1.82) is 0 Å². The fraction of sp³-hybridized carbons (Fsp3) is 0.250. The average molecular weight is 478 g/mol. The van der Waals surface area contributed by atoms with E-state index < -0.39 is 17.4 Å². The molecule has 35 heavy (non-hydrogen) atoms. The Kier molecular flexibility index (Phi) is 6.97. The molecule has 182 valence electrons. The van der Waals surface area contributed by atoms with E-state index in [9.17, 15) is 14.7 Å². The molecule has 0 radical (unpaired) electrons. The molecule has 0 bridgehead atoms. The fourth-order valence-corrected chi connectivity index (χ4v) is 3.49. The highest BCUT2D eigenvalue weighted by atomic mass is 16.5. The SMILES string of the molecule is CN(C)c1ccc(/C=N\Nc2nc3c(c(=O)[nH]c(=O)n3C)n2C[C@@H](O)COc2ccccc2)cc1. The van der Waals surface area contributed by atoms with Crippen molar-refractivity contribution in [3.05, 3.63) is 81.0 Å². The van der Waals surface area contributed by atoms with Crippen LogP contribution >= 0.6 is 0 Å². The number of para-hydroxylation sites is 1. The zero-order valence-corrected chi connectivity index (χ0v) is 19.7. The molecule has 2 aromatic heterocycles. The van der Waals surface area contributed by atoms with Gasteiger partial charge in [-0.15, -0.1) is 0 Å². The van der Waals surface area contributed by atoms with Gasteiger partial charge in [0.15, 0.2) is 11.2 Å². The van der Waals surface area contributed by atoms with Crippen LogP contribution in [0.25, 0.3) is 11.2 Å². The van der Waals surface area contributed by atoms with Crippen LogP contribution < -0.4 is 26.3 Å². The van der Waals surface area contributed by atoms with Gasteiger partial charge in [-0.3, -0.25) is 14.3 Å². The number of anilines is 2. The lowest BCUT2D eigenvalue weighted by molar-refractivity contribution is 0.0938. The average Bonchev–Trinajstić information content (AvgIpc) is 3.21. The van der Waals surface area contributed by atoms with Crippen LogP contribution in [0.15, 0.2) is 69.3 Å². The molecule has 0 unspecified atom stereocenters. The lowest BCUT2D eigenvalue weighted by Gasteiger charge is -2.15. The summed E-state index contributed by atoms with van der Waals surface area (Å²) in [5.41, 5.74) is 3.86. The number of fused-ring (bicyclic) bond motifs is 1. The Morgan fingerprint density at radius 3 is 2.57 bits per heavy atom. The molecule has 4 aromatic rings. The van der Waals surface area contributed by atoms with Gasteiger partial charge in [0.25, 0.3) is 5.56 Å². The largest absolute Gasteiger partial charge is 0.491 e. The molecular weight excluding hydrogens is 450 g/mol. The molecule has 0 spiro atoms. The van der Waals surface area contributed by atoms with Gasteiger partial charge in [0.05, 0.1) is 12.8 Å². The zero-order valence-electron chi connectivity index (χ0n) is 19.7. The Labute approximate surface area is 200 Å². The number of H-pyrrole nitrogens is 1. The number of benzene rings is 2. The lowest BCUT2D eigenvalue weighted by atomic mass is 10.2. The summed E-state index contributed by atoms with van der Waals surface area (Å²) in [6.07, 6.45) is 0.647. The second-order valence-electron chi connectivity index (χ2n) is 8.17. The third-order valence-corrected chi connectivity index (χ3v) is 5.37. The van der Waals surface area contributed by atoms with Crippen LogP contribution in [0.2, 0.25) is 0 Å². The monoisotopic (exact) mass is 477 g/mol. The molecule has 3 N–H and O–H groups in total. The molecule has 0 aliphatic rings. The third kappa shape index (κ3) is 5.41. The van der Waals surface area contributed by atoms with E-state index in [4.69, 9.17) is 4.74 Å².